The fraction of sp³-hybridized carbons (Fsp3) is 0.211. The monoisotopic (exact) mass is 357 g/mol. The van der Waals surface area contributed by atoms with Gasteiger partial charge in [-0.05, 0) is 56.2 Å². The Morgan fingerprint density at radius 3 is 2.36 bits per heavy atom. The van der Waals surface area contributed by atoms with Gasteiger partial charge in [-0.3, -0.25) is 4.98 Å². The van der Waals surface area contributed by atoms with Gasteiger partial charge in [0.2, 0.25) is 0 Å². The average molecular weight is 357 g/mol. The number of para-hydroxylation sites is 1. The van der Waals surface area contributed by atoms with Gasteiger partial charge in [-0.15, -0.1) is 0 Å². The van der Waals surface area contributed by atoms with Gasteiger partial charge in [0.25, 0.3) is 0 Å². The molecule has 25 heavy (non-hydrogen) atoms. The summed E-state index contributed by atoms with van der Waals surface area (Å²) in [6.45, 7) is 5.31. The molecule has 0 unspecified atom stereocenters. The van der Waals surface area contributed by atoms with Crippen molar-refractivity contribution in [3.63, 3.8) is 0 Å². The fourth-order valence-corrected chi connectivity index (χ4v) is 3.99. The molecule has 5 nitrogen and oxygen atoms in total. The van der Waals surface area contributed by atoms with Crippen molar-refractivity contribution in [2.45, 2.75) is 25.7 Å². The minimum absolute atomic E-state index is 0.129. The number of benzene rings is 2. The molecule has 0 saturated carbocycles. The Morgan fingerprint density at radius 2 is 1.64 bits per heavy atom. The number of aromatic nitrogens is 1. The Kier molecular flexibility index (Phi) is 4.39. The van der Waals surface area contributed by atoms with Crippen molar-refractivity contribution in [3.05, 3.63) is 59.3 Å². The zero-order chi connectivity index (χ0) is 18.2. The lowest BCUT2D eigenvalue weighted by molar-refractivity contribution is 0.410. The van der Waals surface area contributed by atoms with Crippen LogP contribution in [0.25, 0.3) is 10.9 Å². The van der Waals surface area contributed by atoms with Gasteiger partial charge in [-0.25, -0.2) is 0 Å². The van der Waals surface area contributed by atoms with E-state index in [-0.39, 0.29) is 10.6 Å². The molecule has 0 N–H and O–H groups in total. The molecule has 130 valence electrons. The van der Waals surface area contributed by atoms with Crippen LogP contribution in [0.2, 0.25) is 0 Å². The van der Waals surface area contributed by atoms with Crippen LogP contribution in [0.15, 0.2) is 47.4 Å². The van der Waals surface area contributed by atoms with Gasteiger partial charge in [0.1, 0.15) is 10.6 Å². The molecule has 0 radical (unpaired) electrons. The van der Waals surface area contributed by atoms with Gasteiger partial charge in [0.05, 0.1) is 12.6 Å². The van der Waals surface area contributed by atoms with Crippen molar-refractivity contribution in [1.29, 1.82) is 0 Å². The number of fused-ring (bicyclic) bond motifs is 1. The highest BCUT2D eigenvalue weighted by atomic mass is 32.2. The smallest absolute Gasteiger partial charge is 0.339 e. The minimum Gasteiger partial charge on any atom is -0.496 e. The van der Waals surface area contributed by atoms with E-state index < -0.39 is 10.1 Å². The number of methoxy groups -OCH3 is 1. The van der Waals surface area contributed by atoms with Crippen LogP contribution in [0.5, 0.6) is 11.5 Å². The lowest BCUT2D eigenvalue weighted by Crippen LogP contribution is -2.12. The summed E-state index contributed by atoms with van der Waals surface area (Å²) in [6, 6.07) is 12.2. The number of pyridine rings is 1. The first-order valence-corrected chi connectivity index (χ1v) is 9.19. The third kappa shape index (κ3) is 3.30. The van der Waals surface area contributed by atoms with Gasteiger partial charge in [0.15, 0.2) is 5.75 Å². The summed E-state index contributed by atoms with van der Waals surface area (Å²) >= 11 is 0. The second-order valence-corrected chi connectivity index (χ2v) is 7.42. The fourth-order valence-electron chi connectivity index (χ4n) is 2.75. The lowest BCUT2D eigenvalue weighted by atomic mass is 10.1. The van der Waals surface area contributed by atoms with Gasteiger partial charge in [0, 0.05) is 17.1 Å². The number of rotatable bonds is 4. The molecule has 0 aliphatic rings. The topological polar surface area (TPSA) is 65.5 Å². The van der Waals surface area contributed by atoms with Crippen molar-refractivity contribution in [2.24, 2.45) is 0 Å². The number of hydrogen-bond donors (Lipinski definition) is 0. The Bertz CT molecular complexity index is 1060. The van der Waals surface area contributed by atoms with Crippen molar-refractivity contribution >= 4 is 21.0 Å². The molecule has 0 spiro atoms. The predicted octanol–water partition coefficient (Wildman–Crippen LogP) is 3.94. The summed E-state index contributed by atoms with van der Waals surface area (Å²) in [7, 11) is -2.43. The highest BCUT2D eigenvalue weighted by Gasteiger charge is 2.22. The van der Waals surface area contributed by atoms with Gasteiger partial charge < -0.3 is 8.92 Å². The van der Waals surface area contributed by atoms with Gasteiger partial charge in [-0.2, -0.15) is 8.42 Å². The molecular weight excluding hydrogens is 338 g/mol. The Labute approximate surface area is 147 Å². The van der Waals surface area contributed by atoms with E-state index in [1.165, 1.54) is 0 Å². The summed E-state index contributed by atoms with van der Waals surface area (Å²) in [5, 5.41) is 0.652. The first-order chi connectivity index (χ1) is 11.8. The first-order valence-electron chi connectivity index (χ1n) is 7.78. The third-order valence-corrected chi connectivity index (χ3v) is 5.35. The van der Waals surface area contributed by atoms with Crippen LogP contribution in [0, 0.1) is 20.8 Å². The molecule has 2 aromatic carbocycles. The van der Waals surface area contributed by atoms with E-state index in [0.29, 0.717) is 27.9 Å². The first kappa shape index (κ1) is 17.2. The second-order valence-electron chi connectivity index (χ2n) is 5.90. The molecule has 0 atom stereocenters. The summed E-state index contributed by atoms with van der Waals surface area (Å²) in [6.07, 6.45) is 0. The SMILES string of the molecule is COc1cc(C)c(S(=O)(=O)Oc2cc(C)nc3ccccc23)cc1C. The molecule has 3 aromatic rings. The largest absolute Gasteiger partial charge is 0.496 e. The highest BCUT2D eigenvalue weighted by molar-refractivity contribution is 7.87. The number of hydrogen-bond acceptors (Lipinski definition) is 5. The highest BCUT2D eigenvalue weighted by Crippen LogP contribution is 2.31. The van der Waals surface area contributed by atoms with Crippen molar-refractivity contribution < 1.29 is 17.3 Å². The Morgan fingerprint density at radius 1 is 0.920 bits per heavy atom. The van der Waals surface area contributed by atoms with Crippen molar-refractivity contribution in [2.75, 3.05) is 7.11 Å². The lowest BCUT2D eigenvalue weighted by Gasteiger charge is -2.14. The maximum Gasteiger partial charge on any atom is 0.339 e. The van der Waals surface area contributed by atoms with Gasteiger partial charge in [-0.1, -0.05) is 12.1 Å². The summed E-state index contributed by atoms with van der Waals surface area (Å²) < 4.78 is 36.4. The van der Waals surface area contributed by atoms with E-state index in [4.69, 9.17) is 8.92 Å². The molecule has 6 heteroatoms. The summed E-state index contributed by atoms with van der Waals surface area (Å²) in [5.74, 6) is 0.914. The molecule has 0 amide bonds. The van der Waals surface area contributed by atoms with Crippen LogP contribution < -0.4 is 8.92 Å². The normalized spacial score (nSPS) is 11.5. The molecule has 0 aliphatic heterocycles. The van der Waals surface area contributed by atoms with E-state index in [0.717, 1.165) is 5.56 Å². The number of ether oxygens (including phenoxy) is 1. The second kappa shape index (κ2) is 6.37. The third-order valence-electron chi connectivity index (χ3n) is 3.97. The van der Waals surface area contributed by atoms with E-state index in [1.807, 2.05) is 18.2 Å². The van der Waals surface area contributed by atoms with E-state index in [2.05, 4.69) is 4.98 Å². The van der Waals surface area contributed by atoms with E-state index in [9.17, 15) is 8.42 Å². The quantitative estimate of drug-likeness (QED) is 0.662. The minimum atomic E-state index is -3.98. The maximum absolute atomic E-state index is 12.8. The van der Waals surface area contributed by atoms with Crippen molar-refractivity contribution in [3.8, 4) is 11.5 Å². The van der Waals surface area contributed by atoms with Crippen LogP contribution in [0.4, 0.5) is 0 Å². The maximum atomic E-state index is 12.8. The van der Waals surface area contributed by atoms with E-state index >= 15 is 0 Å². The van der Waals surface area contributed by atoms with Crippen LogP contribution in [-0.2, 0) is 10.1 Å². The van der Waals surface area contributed by atoms with E-state index in [1.54, 1.807) is 52.1 Å². The molecular formula is C19H19NO4S. The summed E-state index contributed by atoms with van der Waals surface area (Å²) in [5.41, 5.74) is 2.67. The van der Waals surface area contributed by atoms with Crippen LogP contribution in [-0.4, -0.2) is 20.5 Å². The molecule has 3 rings (SSSR count). The van der Waals surface area contributed by atoms with Crippen LogP contribution in [0.1, 0.15) is 16.8 Å². The molecule has 0 aliphatic carbocycles. The number of nitrogens with zero attached hydrogens (tertiary/aromatic N) is 1. The van der Waals surface area contributed by atoms with Crippen LogP contribution >= 0.6 is 0 Å². The molecule has 1 aromatic heterocycles. The molecule has 0 saturated heterocycles. The van der Waals surface area contributed by atoms with Crippen molar-refractivity contribution in [1.82, 2.24) is 4.98 Å². The average Bonchev–Trinajstić information content (AvgIpc) is 2.56. The summed E-state index contributed by atoms with van der Waals surface area (Å²) in [4.78, 5) is 4.53. The predicted molar refractivity (Wildman–Crippen MR) is 96.8 cm³/mol. The number of aryl methyl sites for hydroxylation is 3. The standard InChI is InChI=1S/C19H19NO4S/c1-12-10-19(13(2)9-17(12)23-4)25(21,22)24-18-11-14(3)20-16-8-6-5-7-15(16)18/h5-11H,1-4H3. The zero-order valence-corrected chi connectivity index (χ0v) is 15.3. The zero-order valence-electron chi connectivity index (χ0n) is 14.5. The molecule has 1 heterocycles. The van der Waals surface area contributed by atoms with Crippen LogP contribution in [0.3, 0.4) is 0 Å². The Balaban J connectivity index is 2.11. The molecule has 0 fully saturated rings. The Hall–Kier alpha value is -2.60. The van der Waals surface area contributed by atoms with Gasteiger partial charge >= 0.3 is 10.1 Å². The molecule has 0 bridgehead atoms.